The SMILES string of the molecule is CCOc1ccc([C@@H]2C(C(=O)OC)=CN=c3s/c(=C/c4cc(C)n(-c5ccc(Cl)c(Cl)c5)c4C)c(=O)n32)cc1OCC. The summed E-state index contributed by atoms with van der Waals surface area (Å²) in [7, 11) is 1.30. The molecule has 0 aliphatic carbocycles. The second-order valence-corrected chi connectivity index (χ2v) is 11.3. The molecule has 0 saturated heterocycles. The van der Waals surface area contributed by atoms with Gasteiger partial charge in [-0.2, -0.15) is 0 Å². The van der Waals surface area contributed by atoms with Gasteiger partial charge in [0.05, 0.1) is 46.5 Å². The van der Waals surface area contributed by atoms with Gasteiger partial charge in [-0.3, -0.25) is 9.36 Å². The highest BCUT2D eigenvalue weighted by Crippen LogP contribution is 2.35. The molecule has 0 unspecified atom stereocenters. The molecular weight excluding hydrogens is 597 g/mol. The number of methoxy groups -OCH3 is 1. The smallest absolute Gasteiger partial charge is 0.337 e. The first-order valence-corrected chi connectivity index (χ1v) is 14.9. The maximum atomic E-state index is 14.0. The number of halogens is 2. The van der Waals surface area contributed by atoms with Crippen molar-refractivity contribution in [1.82, 2.24) is 9.13 Å². The van der Waals surface area contributed by atoms with E-state index in [1.807, 2.05) is 58.0 Å². The molecule has 1 aliphatic rings. The van der Waals surface area contributed by atoms with E-state index in [2.05, 4.69) is 9.56 Å². The van der Waals surface area contributed by atoms with Crippen molar-refractivity contribution in [1.29, 1.82) is 0 Å². The summed E-state index contributed by atoms with van der Waals surface area (Å²) in [4.78, 5) is 31.8. The van der Waals surface area contributed by atoms with Gasteiger partial charge in [0.2, 0.25) is 0 Å². The van der Waals surface area contributed by atoms with Gasteiger partial charge in [-0.05, 0) is 81.3 Å². The Labute approximate surface area is 256 Å². The fourth-order valence-electron chi connectivity index (χ4n) is 5.08. The number of nitrogens with zero attached hydrogens (tertiary/aromatic N) is 3. The Morgan fingerprint density at radius 3 is 2.45 bits per heavy atom. The van der Waals surface area contributed by atoms with Gasteiger partial charge in [0, 0.05) is 23.3 Å². The fourth-order valence-corrected chi connectivity index (χ4v) is 6.34. The minimum Gasteiger partial charge on any atom is -0.490 e. The molecule has 0 N–H and O–H groups in total. The van der Waals surface area contributed by atoms with Gasteiger partial charge in [-0.25, -0.2) is 9.79 Å². The monoisotopic (exact) mass is 625 g/mol. The van der Waals surface area contributed by atoms with Gasteiger partial charge in [0.25, 0.3) is 5.56 Å². The molecule has 0 radical (unpaired) electrons. The number of aryl methyl sites for hydroxylation is 1. The highest BCUT2D eigenvalue weighted by atomic mass is 35.5. The van der Waals surface area contributed by atoms with Gasteiger partial charge in [-0.15, -0.1) is 0 Å². The molecule has 8 nitrogen and oxygen atoms in total. The Kier molecular flexibility index (Phi) is 8.63. The molecule has 5 rings (SSSR count). The van der Waals surface area contributed by atoms with Crippen molar-refractivity contribution >= 4 is 46.6 Å². The number of rotatable bonds is 8. The van der Waals surface area contributed by atoms with Crippen molar-refractivity contribution in [2.45, 2.75) is 33.7 Å². The Bertz CT molecular complexity index is 1900. The molecule has 3 heterocycles. The minimum atomic E-state index is -0.769. The van der Waals surface area contributed by atoms with Crippen molar-refractivity contribution in [3.05, 3.63) is 106 Å². The number of carbonyl (C=O) groups excluding carboxylic acids is 1. The maximum Gasteiger partial charge on any atom is 0.337 e. The Morgan fingerprint density at radius 2 is 1.76 bits per heavy atom. The molecule has 4 aromatic rings. The molecule has 0 spiro atoms. The number of fused-ring (bicyclic) bond motifs is 1. The van der Waals surface area contributed by atoms with Crippen molar-refractivity contribution in [2.75, 3.05) is 20.3 Å². The van der Waals surface area contributed by atoms with Crippen LogP contribution in [0.1, 0.15) is 42.4 Å². The summed E-state index contributed by atoms with van der Waals surface area (Å²) in [6, 6.07) is 12.1. The highest BCUT2D eigenvalue weighted by Gasteiger charge is 2.31. The zero-order chi connectivity index (χ0) is 30.1. The van der Waals surface area contributed by atoms with Crippen LogP contribution >= 0.6 is 34.5 Å². The summed E-state index contributed by atoms with van der Waals surface area (Å²) in [5, 5.41) is 0.936. The van der Waals surface area contributed by atoms with E-state index in [0.29, 0.717) is 49.7 Å². The average molecular weight is 627 g/mol. The third-order valence-electron chi connectivity index (χ3n) is 6.93. The molecule has 2 aromatic heterocycles. The van der Waals surface area contributed by atoms with Crippen LogP contribution in [0.4, 0.5) is 0 Å². The zero-order valence-electron chi connectivity index (χ0n) is 23.7. The molecule has 0 fully saturated rings. The van der Waals surface area contributed by atoms with Crippen LogP contribution in [-0.4, -0.2) is 35.4 Å². The quantitative estimate of drug-likeness (QED) is 0.240. The molecule has 42 heavy (non-hydrogen) atoms. The minimum absolute atomic E-state index is 0.237. The van der Waals surface area contributed by atoms with Crippen molar-refractivity contribution in [2.24, 2.45) is 4.99 Å². The second-order valence-electron chi connectivity index (χ2n) is 9.51. The number of aromatic nitrogens is 2. The molecule has 1 aliphatic heterocycles. The van der Waals surface area contributed by atoms with Crippen LogP contribution in [0.5, 0.6) is 11.5 Å². The lowest BCUT2D eigenvalue weighted by molar-refractivity contribution is -0.136. The fraction of sp³-hybridized carbons (Fsp3) is 0.258. The molecular formula is C31H29Cl2N3O5S. The van der Waals surface area contributed by atoms with E-state index in [4.69, 9.17) is 37.4 Å². The molecule has 2 aromatic carbocycles. The molecule has 218 valence electrons. The number of esters is 1. The van der Waals surface area contributed by atoms with Crippen LogP contribution in [0.15, 0.2) is 64.0 Å². The first-order valence-electron chi connectivity index (χ1n) is 13.3. The van der Waals surface area contributed by atoms with E-state index >= 15 is 0 Å². The largest absolute Gasteiger partial charge is 0.490 e. The maximum absolute atomic E-state index is 14.0. The molecule has 1 atom stereocenters. The van der Waals surface area contributed by atoms with E-state index in [-0.39, 0.29) is 11.1 Å². The zero-order valence-corrected chi connectivity index (χ0v) is 26.1. The van der Waals surface area contributed by atoms with Crippen molar-refractivity contribution in [3.8, 4) is 17.2 Å². The van der Waals surface area contributed by atoms with Gasteiger partial charge < -0.3 is 18.8 Å². The standard InChI is InChI=1S/C31H29Cl2N3O5S/c1-6-40-25-11-8-19(13-26(25)41-7-2)28-22(30(38)39-5)16-34-31-36(28)29(37)27(42-31)14-20-12-17(3)35(18(20)4)21-9-10-23(32)24(33)15-21/h8-16,28H,6-7H2,1-5H3/b27-14+/t28-/m1/s1. The Hall–Kier alpha value is -3.79. The summed E-state index contributed by atoms with van der Waals surface area (Å²) in [5.74, 6) is 0.529. The van der Waals surface area contributed by atoms with E-state index in [1.165, 1.54) is 29.2 Å². The average Bonchev–Trinajstić information content (AvgIpc) is 3.44. The van der Waals surface area contributed by atoms with Crippen LogP contribution in [0, 0.1) is 13.8 Å². The molecule has 0 bridgehead atoms. The topological polar surface area (TPSA) is 84.0 Å². The first kappa shape index (κ1) is 29.7. The van der Waals surface area contributed by atoms with Gasteiger partial charge in [0.1, 0.15) is 0 Å². The van der Waals surface area contributed by atoms with Crippen molar-refractivity contribution < 1.29 is 19.0 Å². The third kappa shape index (κ3) is 5.40. The summed E-state index contributed by atoms with van der Waals surface area (Å²) in [6.07, 6.45) is 3.32. The summed E-state index contributed by atoms with van der Waals surface area (Å²) < 4.78 is 20.7. The van der Waals surface area contributed by atoms with E-state index in [1.54, 1.807) is 18.2 Å². The number of thiazole rings is 1. The number of hydrogen-bond acceptors (Lipinski definition) is 7. The predicted molar refractivity (Wildman–Crippen MR) is 165 cm³/mol. The van der Waals surface area contributed by atoms with Crippen LogP contribution in [0.2, 0.25) is 10.0 Å². The van der Waals surface area contributed by atoms with Gasteiger partial charge >= 0.3 is 5.97 Å². The second kappa shape index (κ2) is 12.2. The van der Waals surface area contributed by atoms with Crippen molar-refractivity contribution in [3.63, 3.8) is 0 Å². The summed E-state index contributed by atoms with van der Waals surface area (Å²) in [5.41, 5.74) is 4.25. The first-order chi connectivity index (χ1) is 20.2. The molecule has 0 amide bonds. The van der Waals surface area contributed by atoms with E-state index < -0.39 is 12.0 Å². The normalized spacial score (nSPS) is 14.7. The van der Waals surface area contributed by atoms with Gasteiger partial charge in [0.15, 0.2) is 16.3 Å². The summed E-state index contributed by atoms with van der Waals surface area (Å²) in [6.45, 7) is 8.62. The predicted octanol–water partition coefficient (Wildman–Crippen LogP) is 5.53. The van der Waals surface area contributed by atoms with Crippen LogP contribution in [0.3, 0.4) is 0 Å². The number of carbonyl (C=O) groups is 1. The van der Waals surface area contributed by atoms with Crippen LogP contribution in [0.25, 0.3) is 11.8 Å². The third-order valence-corrected chi connectivity index (χ3v) is 8.66. The van der Waals surface area contributed by atoms with Crippen LogP contribution < -0.4 is 24.4 Å². The lowest BCUT2D eigenvalue weighted by Crippen LogP contribution is -2.39. The lowest BCUT2D eigenvalue weighted by Gasteiger charge is -2.23. The van der Waals surface area contributed by atoms with E-state index in [0.717, 1.165) is 22.6 Å². The van der Waals surface area contributed by atoms with Crippen LogP contribution in [-0.2, 0) is 9.53 Å². The molecule has 0 saturated carbocycles. The van der Waals surface area contributed by atoms with E-state index in [9.17, 15) is 9.59 Å². The Balaban J connectivity index is 1.66. The lowest BCUT2D eigenvalue weighted by atomic mass is 9.97. The molecule has 11 heteroatoms. The van der Waals surface area contributed by atoms with Gasteiger partial charge in [-0.1, -0.05) is 40.6 Å². The number of ether oxygens (including phenoxy) is 3. The number of benzene rings is 2. The number of hydrogen-bond donors (Lipinski definition) is 0. The highest BCUT2D eigenvalue weighted by molar-refractivity contribution is 7.07. The Morgan fingerprint density at radius 1 is 1.02 bits per heavy atom. The summed E-state index contributed by atoms with van der Waals surface area (Å²) >= 11 is 13.7.